The van der Waals surface area contributed by atoms with E-state index < -0.39 is 0 Å². The van der Waals surface area contributed by atoms with Crippen LogP contribution in [0, 0.1) is 5.92 Å². The predicted octanol–water partition coefficient (Wildman–Crippen LogP) is 0.401. The molecule has 1 atom stereocenters. The van der Waals surface area contributed by atoms with Crippen LogP contribution < -0.4 is 5.32 Å². The number of hydrogen-bond donors (Lipinski definition) is 2. The molecule has 1 aliphatic carbocycles. The van der Waals surface area contributed by atoms with E-state index in [-0.39, 0.29) is 23.5 Å². The van der Waals surface area contributed by atoms with Gasteiger partial charge in [-0.25, -0.2) is 4.98 Å². The number of nitrogens with zero attached hydrogens (tertiary/aromatic N) is 3. The van der Waals surface area contributed by atoms with Crippen molar-refractivity contribution in [3.63, 3.8) is 0 Å². The normalized spacial score (nSPS) is 27.4. The van der Waals surface area contributed by atoms with Gasteiger partial charge in [-0.05, 0) is 25.7 Å². The quantitative estimate of drug-likeness (QED) is 0.767. The number of aromatic amines is 1. The molecule has 1 spiro atoms. The van der Waals surface area contributed by atoms with E-state index in [2.05, 4.69) is 20.2 Å². The number of carbonyl (C=O) groups is 2. The Morgan fingerprint density at radius 1 is 1.18 bits per heavy atom. The fraction of sp³-hybridized carbons (Fsp3) is 0.750. The lowest BCUT2D eigenvalue weighted by atomic mass is 9.76. The average molecular weight is 387 g/mol. The molecule has 2 saturated heterocycles. The number of morpholine rings is 1. The summed E-state index contributed by atoms with van der Waals surface area (Å²) < 4.78 is 5.65. The zero-order valence-electron chi connectivity index (χ0n) is 16.3. The first-order valence-electron chi connectivity index (χ1n) is 10.6. The zero-order valence-corrected chi connectivity index (χ0v) is 16.3. The molecule has 8 heteroatoms. The Balaban J connectivity index is 1.36. The van der Waals surface area contributed by atoms with Crippen molar-refractivity contribution in [2.45, 2.75) is 50.2 Å². The molecular weight excluding hydrogens is 358 g/mol. The van der Waals surface area contributed by atoms with Crippen LogP contribution in [0.5, 0.6) is 0 Å². The first-order valence-corrected chi connectivity index (χ1v) is 10.6. The van der Waals surface area contributed by atoms with Crippen molar-refractivity contribution in [1.29, 1.82) is 0 Å². The molecule has 2 N–H and O–H groups in total. The number of nitrogens with one attached hydrogen (secondary N) is 2. The van der Waals surface area contributed by atoms with Gasteiger partial charge in [0.05, 0.1) is 24.2 Å². The van der Waals surface area contributed by atoms with Gasteiger partial charge in [-0.1, -0.05) is 6.42 Å². The molecule has 3 aliphatic heterocycles. The van der Waals surface area contributed by atoms with E-state index in [4.69, 9.17) is 4.74 Å². The molecule has 4 aliphatic rings. The summed E-state index contributed by atoms with van der Waals surface area (Å²) in [6.45, 7) is 3.98. The second-order valence-electron chi connectivity index (χ2n) is 8.52. The topological polar surface area (TPSA) is 90.6 Å². The third-order valence-electron chi connectivity index (χ3n) is 7.09. The summed E-state index contributed by atoms with van der Waals surface area (Å²) in [5, 5.41) is 3.23. The maximum Gasteiger partial charge on any atom is 0.253 e. The van der Waals surface area contributed by atoms with Crippen LogP contribution >= 0.6 is 0 Å². The molecule has 1 aromatic heterocycles. The molecule has 1 aromatic rings. The molecule has 152 valence electrons. The highest BCUT2D eigenvalue weighted by atomic mass is 16.5. The fourth-order valence-electron chi connectivity index (χ4n) is 5.21. The summed E-state index contributed by atoms with van der Waals surface area (Å²) in [5.74, 6) is 0.537. The molecule has 1 unspecified atom stereocenters. The van der Waals surface area contributed by atoms with E-state index in [1.54, 1.807) is 6.33 Å². The number of fused-ring (bicyclic) bond motifs is 2. The van der Waals surface area contributed by atoms with Gasteiger partial charge in [-0.15, -0.1) is 0 Å². The van der Waals surface area contributed by atoms with Crippen LogP contribution in [0.15, 0.2) is 6.33 Å². The Kier molecular flexibility index (Phi) is 4.63. The number of aromatic nitrogens is 2. The second kappa shape index (κ2) is 7.15. The van der Waals surface area contributed by atoms with E-state index in [1.807, 2.05) is 4.90 Å². The SMILES string of the molecule is O=C(C1CNCCO1)N1CCC2(CC1)c1nc[nH]c1CCN2C(=O)C1CCC1. The van der Waals surface area contributed by atoms with E-state index >= 15 is 0 Å². The van der Waals surface area contributed by atoms with Gasteiger partial charge < -0.3 is 24.8 Å². The third-order valence-corrected chi connectivity index (χ3v) is 7.09. The number of hydrogen-bond acceptors (Lipinski definition) is 5. The third kappa shape index (κ3) is 2.85. The number of ether oxygens (including phenoxy) is 1. The van der Waals surface area contributed by atoms with Gasteiger partial charge in [0, 0.05) is 50.8 Å². The average Bonchev–Trinajstić information content (AvgIpc) is 3.18. The largest absolute Gasteiger partial charge is 0.366 e. The van der Waals surface area contributed by atoms with Crippen molar-refractivity contribution >= 4 is 11.8 Å². The monoisotopic (exact) mass is 387 g/mol. The minimum absolute atomic E-state index is 0.0666. The van der Waals surface area contributed by atoms with E-state index in [0.29, 0.717) is 32.1 Å². The minimum Gasteiger partial charge on any atom is -0.366 e. The fourth-order valence-corrected chi connectivity index (χ4v) is 5.21. The Morgan fingerprint density at radius 3 is 2.68 bits per heavy atom. The molecule has 4 heterocycles. The highest BCUT2D eigenvalue weighted by Gasteiger charge is 2.50. The van der Waals surface area contributed by atoms with Crippen LogP contribution in [-0.4, -0.2) is 77.0 Å². The summed E-state index contributed by atoms with van der Waals surface area (Å²) in [4.78, 5) is 38.0. The number of likely N-dealkylation sites (tertiary alicyclic amines) is 1. The van der Waals surface area contributed by atoms with Crippen LogP contribution in [0.2, 0.25) is 0 Å². The van der Waals surface area contributed by atoms with Crippen LogP contribution in [-0.2, 0) is 26.3 Å². The standard InChI is InChI=1S/C20H29N5O3/c26-18(14-2-1-3-14)25-8-4-15-17(23-13-22-15)20(25)5-9-24(10-6-20)19(27)16-12-21-7-11-28-16/h13-14,16,21H,1-12H2,(H,22,23). The summed E-state index contributed by atoms with van der Waals surface area (Å²) in [6.07, 6.45) is 6.86. The van der Waals surface area contributed by atoms with Crippen LogP contribution in [0.3, 0.4) is 0 Å². The molecule has 3 fully saturated rings. The van der Waals surface area contributed by atoms with E-state index in [1.165, 1.54) is 0 Å². The second-order valence-corrected chi connectivity index (χ2v) is 8.52. The maximum absolute atomic E-state index is 13.2. The molecule has 8 nitrogen and oxygen atoms in total. The van der Waals surface area contributed by atoms with E-state index in [0.717, 1.165) is 63.0 Å². The zero-order chi connectivity index (χ0) is 19.1. The lowest BCUT2D eigenvalue weighted by Crippen LogP contribution is -2.61. The first kappa shape index (κ1) is 18.1. The lowest BCUT2D eigenvalue weighted by Gasteiger charge is -2.52. The Morgan fingerprint density at radius 2 is 2.00 bits per heavy atom. The number of amides is 2. The number of H-pyrrole nitrogens is 1. The van der Waals surface area contributed by atoms with Gasteiger partial charge in [-0.3, -0.25) is 9.59 Å². The van der Waals surface area contributed by atoms with Gasteiger partial charge in [0.25, 0.3) is 5.91 Å². The molecule has 5 rings (SSSR count). The molecule has 2 amide bonds. The number of rotatable bonds is 2. The number of carbonyl (C=O) groups excluding carboxylic acids is 2. The molecule has 0 aromatic carbocycles. The number of piperidine rings is 1. The smallest absolute Gasteiger partial charge is 0.253 e. The predicted molar refractivity (Wildman–Crippen MR) is 101 cm³/mol. The summed E-state index contributed by atoms with van der Waals surface area (Å²) in [6, 6.07) is 0. The molecule has 0 bridgehead atoms. The summed E-state index contributed by atoms with van der Waals surface area (Å²) >= 11 is 0. The van der Waals surface area contributed by atoms with Crippen molar-refractivity contribution in [2.75, 3.05) is 39.3 Å². The van der Waals surface area contributed by atoms with Gasteiger partial charge in [0.2, 0.25) is 5.91 Å². The van der Waals surface area contributed by atoms with Gasteiger partial charge >= 0.3 is 0 Å². The van der Waals surface area contributed by atoms with Crippen LogP contribution in [0.1, 0.15) is 43.5 Å². The van der Waals surface area contributed by atoms with Gasteiger partial charge in [-0.2, -0.15) is 0 Å². The van der Waals surface area contributed by atoms with Crippen molar-refractivity contribution in [1.82, 2.24) is 25.1 Å². The Labute approximate surface area is 165 Å². The molecular formula is C20H29N5O3. The molecule has 0 radical (unpaired) electrons. The highest BCUT2D eigenvalue weighted by Crippen LogP contribution is 2.44. The molecule has 28 heavy (non-hydrogen) atoms. The van der Waals surface area contributed by atoms with Crippen molar-refractivity contribution in [3.8, 4) is 0 Å². The Hall–Kier alpha value is -1.93. The van der Waals surface area contributed by atoms with Gasteiger partial charge in [0.15, 0.2) is 0 Å². The number of imidazole rings is 1. The van der Waals surface area contributed by atoms with Crippen molar-refractivity contribution in [2.24, 2.45) is 5.92 Å². The molecule has 1 saturated carbocycles. The lowest BCUT2D eigenvalue weighted by molar-refractivity contribution is -0.154. The van der Waals surface area contributed by atoms with Crippen LogP contribution in [0.25, 0.3) is 0 Å². The summed E-state index contributed by atoms with van der Waals surface area (Å²) in [7, 11) is 0. The maximum atomic E-state index is 13.2. The van der Waals surface area contributed by atoms with Gasteiger partial charge in [0.1, 0.15) is 6.10 Å². The van der Waals surface area contributed by atoms with Crippen LogP contribution in [0.4, 0.5) is 0 Å². The summed E-state index contributed by atoms with van der Waals surface area (Å²) in [5.41, 5.74) is 1.80. The highest BCUT2D eigenvalue weighted by molar-refractivity contribution is 5.82. The van der Waals surface area contributed by atoms with Crippen molar-refractivity contribution < 1.29 is 14.3 Å². The van der Waals surface area contributed by atoms with Crippen molar-refractivity contribution in [3.05, 3.63) is 17.7 Å². The minimum atomic E-state index is -0.386. The van der Waals surface area contributed by atoms with E-state index in [9.17, 15) is 9.59 Å². The Bertz CT molecular complexity index is 745. The first-order chi connectivity index (χ1) is 13.7.